The standard InChI is InChI=1S/C27H27F3N8O4/c1-27(2,40)22(28)12-33-24(39)17-11-32-19(20-5-4-16-7-14(9-31)10-34-38(16)20)8-18(17)35-15-3-6-21(41-13-15)25-36-37-26(42-25)23(29)30/h4-5,7-8,10-11,15,21-23,40H,3,6,12-13H2,1-2H3,(H,32,35)(H,33,39)/t15-,21+,22+/m0/s1. The highest BCUT2D eigenvalue weighted by Gasteiger charge is 2.30. The highest BCUT2D eigenvalue weighted by Crippen LogP contribution is 2.32. The highest BCUT2D eigenvalue weighted by molar-refractivity contribution is 6.00. The van der Waals surface area contributed by atoms with Crippen LogP contribution in [-0.4, -0.2) is 66.8 Å². The minimum Gasteiger partial charge on any atom is -0.417 e. The number of nitrogens with one attached hydrogen (secondary N) is 2. The molecule has 5 rings (SSSR count). The Morgan fingerprint density at radius 3 is 2.71 bits per heavy atom. The van der Waals surface area contributed by atoms with Crippen LogP contribution >= 0.6 is 0 Å². The maximum atomic E-state index is 14.3. The molecule has 15 heteroatoms. The number of carbonyl (C=O) groups excluding carboxylic acids is 1. The Labute approximate surface area is 237 Å². The Kier molecular flexibility index (Phi) is 8.10. The van der Waals surface area contributed by atoms with Crippen molar-refractivity contribution in [2.24, 2.45) is 0 Å². The van der Waals surface area contributed by atoms with Gasteiger partial charge in [-0.05, 0) is 51.0 Å². The molecule has 0 unspecified atom stereocenters. The summed E-state index contributed by atoms with van der Waals surface area (Å²) in [5, 5.41) is 36.2. The van der Waals surface area contributed by atoms with Crippen molar-refractivity contribution in [3.8, 4) is 17.5 Å². The summed E-state index contributed by atoms with van der Waals surface area (Å²) in [7, 11) is 0. The quantitative estimate of drug-likeness (QED) is 0.264. The summed E-state index contributed by atoms with van der Waals surface area (Å²) in [6.45, 7) is 2.33. The lowest BCUT2D eigenvalue weighted by molar-refractivity contribution is -0.0102. The van der Waals surface area contributed by atoms with Crippen LogP contribution in [0.2, 0.25) is 0 Å². The summed E-state index contributed by atoms with van der Waals surface area (Å²) in [5.41, 5.74) is 0.994. The lowest BCUT2D eigenvalue weighted by atomic mass is 10.0. The summed E-state index contributed by atoms with van der Waals surface area (Å²) < 4.78 is 52.4. The van der Waals surface area contributed by atoms with E-state index < -0.39 is 42.6 Å². The van der Waals surface area contributed by atoms with Gasteiger partial charge in [-0.15, -0.1) is 10.2 Å². The number of carbonyl (C=O) groups is 1. The zero-order valence-electron chi connectivity index (χ0n) is 22.6. The molecule has 0 aliphatic carbocycles. The second kappa shape index (κ2) is 11.7. The van der Waals surface area contributed by atoms with E-state index in [1.807, 2.05) is 6.07 Å². The maximum Gasteiger partial charge on any atom is 0.314 e. The molecular formula is C27H27F3N8O4. The van der Waals surface area contributed by atoms with Crippen molar-refractivity contribution in [2.75, 3.05) is 18.5 Å². The number of aliphatic hydroxyl groups is 1. The first-order valence-corrected chi connectivity index (χ1v) is 13.1. The highest BCUT2D eigenvalue weighted by atomic mass is 19.3. The Hall–Kier alpha value is -4.55. The molecule has 5 heterocycles. The van der Waals surface area contributed by atoms with Gasteiger partial charge in [0.05, 0.1) is 58.7 Å². The average Bonchev–Trinajstić information content (AvgIpc) is 3.63. The van der Waals surface area contributed by atoms with E-state index in [9.17, 15) is 28.3 Å². The largest absolute Gasteiger partial charge is 0.417 e. The predicted molar refractivity (Wildman–Crippen MR) is 141 cm³/mol. The molecule has 4 aromatic rings. The van der Waals surface area contributed by atoms with E-state index in [4.69, 9.17) is 9.15 Å². The molecule has 42 heavy (non-hydrogen) atoms. The number of pyridine rings is 1. The molecule has 12 nitrogen and oxygen atoms in total. The van der Waals surface area contributed by atoms with Crippen LogP contribution in [0.5, 0.6) is 0 Å². The van der Waals surface area contributed by atoms with Crippen LogP contribution in [0.4, 0.5) is 18.9 Å². The van der Waals surface area contributed by atoms with Gasteiger partial charge in [0, 0.05) is 12.2 Å². The predicted octanol–water partition coefficient (Wildman–Crippen LogP) is 3.76. The van der Waals surface area contributed by atoms with Gasteiger partial charge in [-0.3, -0.25) is 9.78 Å². The molecule has 1 fully saturated rings. The van der Waals surface area contributed by atoms with E-state index in [-0.39, 0.29) is 24.1 Å². The van der Waals surface area contributed by atoms with Crippen molar-refractivity contribution in [3.05, 3.63) is 59.6 Å². The van der Waals surface area contributed by atoms with Crippen LogP contribution in [0, 0.1) is 11.3 Å². The summed E-state index contributed by atoms with van der Waals surface area (Å²) in [6.07, 6.45) is -1.58. The van der Waals surface area contributed by atoms with Crippen LogP contribution in [0.1, 0.15) is 66.9 Å². The lowest BCUT2D eigenvalue weighted by Crippen LogP contribution is -2.42. The van der Waals surface area contributed by atoms with E-state index in [0.29, 0.717) is 41.0 Å². The van der Waals surface area contributed by atoms with E-state index in [1.165, 1.54) is 26.2 Å². The number of anilines is 1. The van der Waals surface area contributed by atoms with Gasteiger partial charge in [-0.2, -0.15) is 19.1 Å². The smallest absolute Gasteiger partial charge is 0.314 e. The first kappa shape index (κ1) is 29.0. The maximum absolute atomic E-state index is 14.3. The molecule has 1 saturated heterocycles. The summed E-state index contributed by atoms with van der Waals surface area (Å²) in [4.78, 5) is 17.5. The average molecular weight is 585 g/mol. The minimum atomic E-state index is -2.88. The van der Waals surface area contributed by atoms with Gasteiger partial charge in [0.1, 0.15) is 18.3 Å². The lowest BCUT2D eigenvalue weighted by Gasteiger charge is -2.29. The van der Waals surface area contributed by atoms with Crippen LogP contribution in [0.3, 0.4) is 0 Å². The fourth-order valence-corrected chi connectivity index (χ4v) is 4.42. The fraction of sp³-hybridized carbons (Fsp3) is 0.407. The molecule has 1 aliphatic rings. The van der Waals surface area contributed by atoms with Crippen molar-refractivity contribution < 1.29 is 32.2 Å². The van der Waals surface area contributed by atoms with E-state index >= 15 is 0 Å². The molecular weight excluding hydrogens is 557 g/mol. The third kappa shape index (κ3) is 6.19. The van der Waals surface area contributed by atoms with Gasteiger partial charge in [0.25, 0.3) is 11.8 Å². The van der Waals surface area contributed by atoms with Gasteiger partial charge in [0.2, 0.25) is 5.89 Å². The number of fused-ring (bicyclic) bond motifs is 1. The van der Waals surface area contributed by atoms with Crippen LogP contribution in [-0.2, 0) is 4.74 Å². The number of nitriles is 1. The molecule has 0 bridgehead atoms. The number of nitrogens with zero attached hydrogens (tertiary/aromatic N) is 6. The van der Waals surface area contributed by atoms with Gasteiger partial charge < -0.3 is 24.9 Å². The Bertz CT molecular complexity index is 1620. The number of ether oxygens (including phenoxy) is 1. The first-order valence-electron chi connectivity index (χ1n) is 13.1. The molecule has 3 atom stereocenters. The van der Waals surface area contributed by atoms with E-state index in [0.717, 1.165) is 0 Å². The van der Waals surface area contributed by atoms with E-state index in [2.05, 4.69) is 30.9 Å². The van der Waals surface area contributed by atoms with Crippen LogP contribution in [0.25, 0.3) is 16.9 Å². The second-order valence-electron chi connectivity index (χ2n) is 10.4. The number of hydrogen-bond acceptors (Lipinski definition) is 10. The van der Waals surface area contributed by atoms with Gasteiger partial charge >= 0.3 is 6.43 Å². The molecule has 0 spiro atoms. The molecule has 220 valence electrons. The fourth-order valence-electron chi connectivity index (χ4n) is 4.42. The zero-order valence-corrected chi connectivity index (χ0v) is 22.6. The van der Waals surface area contributed by atoms with Crippen molar-refractivity contribution >= 4 is 17.1 Å². The number of hydrogen-bond donors (Lipinski definition) is 3. The summed E-state index contributed by atoms with van der Waals surface area (Å²) in [5.74, 6) is -1.42. The third-order valence-corrected chi connectivity index (χ3v) is 6.80. The monoisotopic (exact) mass is 584 g/mol. The van der Waals surface area contributed by atoms with Gasteiger partial charge in [0.15, 0.2) is 0 Å². The molecule has 0 saturated carbocycles. The van der Waals surface area contributed by atoms with Gasteiger partial charge in [-0.1, -0.05) is 0 Å². The number of alkyl halides is 3. The number of aromatic nitrogens is 5. The number of rotatable bonds is 9. The van der Waals surface area contributed by atoms with Crippen molar-refractivity contribution in [3.63, 3.8) is 0 Å². The molecule has 0 radical (unpaired) electrons. The van der Waals surface area contributed by atoms with Gasteiger partial charge in [-0.25, -0.2) is 8.91 Å². The third-order valence-electron chi connectivity index (χ3n) is 6.80. The summed E-state index contributed by atoms with van der Waals surface area (Å²) in [6, 6.07) is 8.63. The molecule has 0 aromatic carbocycles. The zero-order chi connectivity index (χ0) is 30.0. The van der Waals surface area contributed by atoms with Crippen LogP contribution < -0.4 is 10.6 Å². The Morgan fingerprint density at radius 1 is 1.24 bits per heavy atom. The van der Waals surface area contributed by atoms with Crippen LogP contribution in [0.15, 0.2) is 41.1 Å². The van der Waals surface area contributed by atoms with Crippen molar-refractivity contribution in [1.29, 1.82) is 5.26 Å². The Balaban J connectivity index is 1.38. The molecule has 1 aliphatic heterocycles. The molecule has 3 N–H and O–H groups in total. The summed E-state index contributed by atoms with van der Waals surface area (Å²) >= 11 is 0. The SMILES string of the molecule is CC(C)(O)[C@H](F)CNC(=O)c1cnc(-c2ccc3cc(C#N)cnn23)cc1N[C@H]1CC[C@H](c2nnc(C(F)F)o2)OC1. The van der Waals surface area contributed by atoms with E-state index in [1.54, 1.807) is 28.8 Å². The second-order valence-corrected chi connectivity index (χ2v) is 10.4. The Morgan fingerprint density at radius 2 is 2.05 bits per heavy atom. The number of amides is 1. The molecule has 4 aromatic heterocycles. The number of halogens is 3. The van der Waals surface area contributed by atoms with Crippen molar-refractivity contribution in [1.82, 2.24) is 30.1 Å². The topological polar surface area (TPSA) is 163 Å². The normalized spacial score (nSPS) is 18.1. The van der Waals surface area contributed by atoms with Crippen molar-refractivity contribution in [2.45, 2.75) is 57.0 Å². The first-order chi connectivity index (χ1) is 20.0. The minimum absolute atomic E-state index is 0.0326. The molecule has 1 amide bonds.